The van der Waals surface area contributed by atoms with Crippen LogP contribution in [0.2, 0.25) is 0 Å². The Morgan fingerprint density at radius 2 is 2.12 bits per heavy atom. The van der Waals surface area contributed by atoms with Gasteiger partial charge in [0.05, 0.1) is 28.5 Å². The Bertz CT molecular complexity index is 952. The Morgan fingerprint density at radius 3 is 2.81 bits per heavy atom. The van der Waals surface area contributed by atoms with E-state index in [0.29, 0.717) is 36.5 Å². The van der Waals surface area contributed by atoms with Gasteiger partial charge in [-0.3, -0.25) is 4.79 Å². The van der Waals surface area contributed by atoms with Crippen molar-refractivity contribution >= 4 is 28.4 Å². The van der Waals surface area contributed by atoms with Crippen LogP contribution in [0.5, 0.6) is 5.75 Å². The Labute approximate surface area is 148 Å². The van der Waals surface area contributed by atoms with Crippen molar-refractivity contribution in [1.29, 1.82) is 0 Å². The minimum absolute atomic E-state index is 0.0527. The predicted octanol–water partition coefficient (Wildman–Crippen LogP) is 1.59. The van der Waals surface area contributed by atoms with Crippen molar-refractivity contribution in [3.05, 3.63) is 28.3 Å². The molecule has 0 unspecified atom stereocenters. The number of anilines is 2. The van der Waals surface area contributed by atoms with Gasteiger partial charge >= 0.3 is 6.16 Å². The van der Waals surface area contributed by atoms with E-state index in [0.717, 1.165) is 13.1 Å². The fourth-order valence-corrected chi connectivity index (χ4v) is 3.68. The number of hydrogen-bond acceptors (Lipinski definition) is 6. The van der Waals surface area contributed by atoms with Gasteiger partial charge in [-0.25, -0.2) is 9.18 Å². The minimum Gasteiger partial charge on any atom is -0.449 e. The number of rotatable bonds is 2. The highest BCUT2D eigenvalue weighted by Gasteiger charge is 2.28. The van der Waals surface area contributed by atoms with E-state index in [1.54, 1.807) is 4.57 Å². The maximum atomic E-state index is 15.0. The molecule has 0 spiro atoms. The van der Waals surface area contributed by atoms with Crippen molar-refractivity contribution in [3.8, 4) is 5.75 Å². The van der Waals surface area contributed by atoms with Crippen LogP contribution in [-0.4, -0.2) is 48.6 Å². The lowest BCUT2D eigenvalue weighted by Crippen LogP contribution is -2.44. The number of hydrogen-bond donors (Lipinski definition) is 3. The van der Waals surface area contributed by atoms with Gasteiger partial charge in [-0.1, -0.05) is 0 Å². The van der Waals surface area contributed by atoms with E-state index in [1.807, 2.05) is 11.8 Å². The molecular formula is C17H19FN4O4. The molecule has 0 radical (unpaired) electrons. The number of ether oxygens (including phenoxy) is 1. The van der Waals surface area contributed by atoms with E-state index in [9.17, 15) is 14.0 Å². The average Bonchev–Trinajstić information content (AvgIpc) is 2.61. The molecule has 0 bridgehead atoms. The molecule has 3 N–H and O–H groups in total. The molecule has 3 heterocycles. The molecule has 9 heteroatoms. The third-order valence-corrected chi connectivity index (χ3v) is 4.89. The van der Waals surface area contributed by atoms with E-state index in [4.69, 9.17) is 5.11 Å². The summed E-state index contributed by atoms with van der Waals surface area (Å²) in [6.07, 6.45) is -0.179. The van der Waals surface area contributed by atoms with Gasteiger partial charge in [-0.2, -0.15) is 0 Å². The van der Waals surface area contributed by atoms with Crippen LogP contribution in [0.1, 0.15) is 13.0 Å². The first-order valence-electron chi connectivity index (χ1n) is 8.49. The summed E-state index contributed by atoms with van der Waals surface area (Å²) >= 11 is 0. The van der Waals surface area contributed by atoms with Gasteiger partial charge in [0.2, 0.25) is 5.43 Å². The van der Waals surface area contributed by atoms with Crippen LogP contribution >= 0.6 is 0 Å². The van der Waals surface area contributed by atoms with Gasteiger partial charge in [-0.05, 0) is 13.0 Å². The van der Waals surface area contributed by atoms with Crippen molar-refractivity contribution < 1.29 is 19.0 Å². The van der Waals surface area contributed by atoms with Crippen molar-refractivity contribution in [2.75, 3.05) is 42.9 Å². The first-order chi connectivity index (χ1) is 12.5. The lowest BCUT2D eigenvalue weighted by molar-refractivity contribution is 0.143. The number of nitrogens with one attached hydrogen (secondary N) is 2. The zero-order chi connectivity index (χ0) is 18.4. The number of carbonyl (C=O) groups is 1. The quantitative estimate of drug-likeness (QED) is 0.698. The normalized spacial score (nSPS) is 19.3. The molecule has 1 atom stereocenters. The number of piperazine rings is 1. The van der Waals surface area contributed by atoms with E-state index in [1.165, 1.54) is 12.3 Å². The Kier molecular flexibility index (Phi) is 3.95. The summed E-state index contributed by atoms with van der Waals surface area (Å²) in [5.41, 5.74) is 0.952. The fourth-order valence-electron chi connectivity index (χ4n) is 3.68. The third-order valence-electron chi connectivity index (χ3n) is 4.89. The van der Waals surface area contributed by atoms with Crippen LogP contribution in [0, 0.1) is 5.82 Å². The van der Waals surface area contributed by atoms with Crippen molar-refractivity contribution in [2.24, 2.45) is 0 Å². The van der Waals surface area contributed by atoms with Gasteiger partial charge in [0, 0.05) is 38.8 Å². The van der Waals surface area contributed by atoms with Crippen LogP contribution in [0.3, 0.4) is 0 Å². The van der Waals surface area contributed by atoms with E-state index in [2.05, 4.69) is 15.4 Å². The summed E-state index contributed by atoms with van der Waals surface area (Å²) in [7, 11) is 0. The number of aromatic nitrogens is 1. The number of benzene rings is 1. The van der Waals surface area contributed by atoms with Gasteiger partial charge in [0.1, 0.15) is 5.82 Å². The second-order valence-electron chi connectivity index (χ2n) is 6.54. The summed E-state index contributed by atoms with van der Waals surface area (Å²) in [5, 5.41) is 15.5. The van der Waals surface area contributed by atoms with Crippen molar-refractivity contribution in [3.63, 3.8) is 0 Å². The molecule has 2 aliphatic heterocycles. The second-order valence-corrected chi connectivity index (χ2v) is 6.54. The number of nitrogens with zero attached hydrogens (tertiary/aromatic N) is 2. The monoisotopic (exact) mass is 362 g/mol. The molecule has 1 fully saturated rings. The van der Waals surface area contributed by atoms with Crippen LogP contribution in [-0.2, 0) is 0 Å². The molecule has 1 aromatic heterocycles. The van der Waals surface area contributed by atoms with Gasteiger partial charge in [-0.15, -0.1) is 0 Å². The highest BCUT2D eigenvalue weighted by Crippen LogP contribution is 2.40. The second kappa shape index (κ2) is 6.17. The molecule has 26 heavy (non-hydrogen) atoms. The molecule has 4 rings (SSSR count). The summed E-state index contributed by atoms with van der Waals surface area (Å²) in [6, 6.07) is 1.13. The SMILES string of the molecule is C[C@H]1CNc2c(N3CCNCC3)c(F)cc3c(=O)c(OC(=O)O)cn1c23. The maximum absolute atomic E-state index is 15.0. The van der Waals surface area contributed by atoms with Gasteiger partial charge < -0.3 is 29.9 Å². The third kappa shape index (κ3) is 2.55. The van der Waals surface area contributed by atoms with E-state index < -0.39 is 17.4 Å². The first-order valence-corrected chi connectivity index (χ1v) is 8.49. The first kappa shape index (κ1) is 16.6. The molecule has 1 saturated heterocycles. The summed E-state index contributed by atoms with van der Waals surface area (Å²) in [6.45, 7) is 5.30. The Balaban J connectivity index is 2.00. The zero-order valence-electron chi connectivity index (χ0n) is 14.2. The van der Waals surface area contributed by atoms with Crippen LogP contribution in [0.4, 0.5) is 20.6 Å². The number of pyridine rings is 1. The molecule has 1 aromatic carbocycles. The van der Waals surface area contributed by atoms with Crippen LogP contribution in [0.15, 0.2) is 17.1 Å². The van der Waals surface area contributed by atoms with Crippen molar-refractivity contribution in [2.45, 2.75) is 13.0 Å². The highest BCUT2D eigenvalue weighted by molar-refractivity contribution is 5.99. The van der Waals surface area contributed by atoms with Crippen LogP contribution in [0.25, 0.3) is 10.9 Å². The molecule has 2 aromatic rings. The van der Waals surface area contributed by atoms with Crippen molar-refractivity contribution in [1.82, 2.24) is 9.88 Å². The standard InChI is InChI=1S/C17H19FN4O4/c1-9-7-20-13-14-10(16(23)12(8-22(9)14)26-17(24)25)6-11(18)15(13)21-4-2-19-3-5-21/h6,8-9,19-20H,2-5,7H2,1H3,(H,24,25)/t9-/m0/s1. The fraction of sp³-hybridized carbons (Fsp3) is 0.412. The summed E-state index contributed by atoms with van der Waals surface area (Å²) < 4.78 is 21.4. The molecule has 0 aliphatic carbocycles. The highest BCUT2D eigenvalue weighted by atomic mass is 19.1. The molecular weight excluding hydrogens is 343 g/mol. The zero-order valence-corrected chi connectivity index (χ0v) is 14.2. The topological polar surface area (TPSA) is 95.8 Å². The molecule has 0 saturated carbocycles. The minimum atomic E-state index is -1.58. The van der Waals surface area contributed by atoms with Gasteiger partial charge in [0.25, 0.3) is 0 Å². The number of carboxylic acid groups (broad SMARTS) is 1. The Hall–Kier alpha value is -2.81. The predicted molar refractivity (Wildman–Crippen MR) is 95.1 cm³/mol. The Morgan fingerprint density at radius 1 is 1.38 bits per heavy atom. The summed E-state index contributed by atoms with van der Waals surface area (Å²) in [4.78, 5) is 25.5. The van der Waals surface area contributed by atoms with E-state index >= 15 is 0 Å². The lowest BCUT2D eigenvalue weighted by atomic mass is 10.0. The molecule has 8 nitrogen and oxygen atoms in total. The lowest BCUT2D eigenvalue weighted by Gasteiger charge is -2.35. The largest absolute Gasteiger partial charge is 0.511 e. The maximum Gasteiger partial charge on any atom is 0.511 e. The smallest absolute Gasteiger partial charge is 0.449 e. The molecule has 2 aliphatic rings. The average molecular weight is 362 g/mol. The summed E-state index contributed by atoms with van der Waals surface area (Å²) in [5.74, 6) is -0.827. The number of halogens is 1. The van der Waals surface area contributed by atoms with Crippen LogP contribution < -0.4 is 25.7 Å². The van der Waals surface area contributed by atoms with E-state index in [-0.39, 0.29) is 17.2 Å². The van der Waals surface area contributed by atoms with Gasteiger partial charge in [0.15, 0.2) is 5.75 Å². The molecule has 138 valence electrons. The molecule has 0 amide bonds.